The predicted octanol–water partition coefficient (Wildman–Crippen LogP) is 4.41. The van der Waals surface area contributed by atoms with Gasteiger partial charge in [0, 0.05) is 53.7 Å². The zero-order valence-corrected chi connectivity index (χ0v) is 19.6. The van der Waals surface area contributed by atoms with Gasteiger partial charge in [0.25, 0.3) is 0 Å². The summed E-state index contributed by atoms with van der Waals surface area (Å²) in [6.45, 7) is 4.00. The quantitative estimate of drug-likeness (QED) is 0.247. The number of benzene rings is 1. The Morgan fingerprint density at radius 3 is 1.86 bits per heavy atom. The Kier molecular flexibility index (Phi) is 6.61. The van der Waals surface area contributed by atoms with Gasteiger partial charge in [-0.1, -0.05) is 0 Å². The molecule has 0 saturated heterocycles. The van der Waals surface area contributed by atoms with Gasteiger partial charge in [0.1, 0.15) is 0 Å². The number of hydrogen-bond acceptors (Lipinski definition) is 11. The lowest BCUT2D eigenvalue weighted by molar-refractivity contribution is 0.174. The van der Waals surface area contributed by atoms with Gasteiger partial charge in [0.2, 0.25) is 12.7 Å². The van der Waals surface area contributed by atoms with E-state index in [0.29, 0.717) is 29.1 Å². The maximum absolute atomic E-state index is 5.47. The number of nitrogens with zero attached hydrogens (tertiary/aromatic N) is 6. The van der Waals surface area contributed by atoms with E-state index in [0.717, 1.165) is 28.2 Å². The normalized spacial score (nSPS) is 12.8. The van der Waals surface area contributed by atoms with E-state index < -0.39 is 0 Å². The average Bonchev–Trinajstić information content (AvgIpc) is 3.39. The Balaban J connectivity index is 1.41. The van der Waals surface area contributed by atoms with Crippen molar-refractivity contribution >= 4 is 34.7 Å². The highest BCUT2D eigenvalue weighted by Gasteiger charge is 2.14. The summed E-state index contributed by atoms with van der Waals surface area (Å²) in [6, 6.07) is 14.8. The van der Waals surface area contributed by atoms with Gasteiger partial charge in [-0.05, 0) is 50.2 Å². The van der Waals surface area contributed by atoms with E-state index in [9.17, 15) is 0 Å². The summed E-state index contributed by atoms with van der Waals surface area (Å²) in [5, 5.41) is 12.1. The van der Waals surface area contributed by atoms with E-state index in [1.807, 2.05) is 56.3 Å². The van der Waals surface area contributed by atoms with E-state index in [1.54, 1.807) is 30.9 Å². The number of anilines is 4. The number of rotatable bonds is 8. The Hall–Kier alpha value is -5.06. The molecule has 1 aliphatic rings. The number of ether oxygens (including phenoxy) is 2. The Morgan fingerprint density at radius 1 is 0.722 bits per heavy atom. The second-order valence-corrected chi connectivity index (χ2v) is 7.74. The van der Waals surface area contributed by atoms with Crippen molar-refractivity contribution in [3.8, 4) is 11.5 Å². The smallest absolute Gasteiger partial charge is 0.231 e. The molecule has 180 valence electrons. The molecule has 3 N–H and O–H groups in total. The standard InChI is InChI=1S/C25H23N9O2/c1-16(18-5-9-26-10-6-18)31-33-23-14-24(34-32-17(2)19-7-11-27-12-8-19)30-25(29-23)28-20-3-4-21-22(13-20)36-15-35-21/h3-14H,15H2,1-2H3,(H3,28,29,30,33,34)/b31-16-,32-17-. The zero-order valence-electron chi connectivity index (χ0n) is 19.6. The van der Waals surface area contributed by atoms with Gasteiger partial charge in [-0.25, -0.2) is 0 Å². The van der Waals surface area contributed by atoms with Crippen molar-refractivity contribution in [1.82, 2.24) is 19.9 Å². The number of nitrogens with one attached hydrogen (secondary N) is 3. The summed E-state index contributed by atoms with van der Waals surface area (Å²) in [4.78, 5) is 17.2. The van der Waals surface area contributed by atoms with Gasteiger partial charge in [0.05, 0.1) is 11.4 Å². The molecule has 0 atom stereocenters. The number of hydrazone groups is 2. The molecule has 3 aromatic heterocycles. The third-order valence-corrected chi connectivity index (χ3v) is 5.23. The fourth-order valence-electron chi connectivity index (χ4n) is 3.32. The minimum atomic E-state index is 0.201. The van der Waals surface area contributed by atoms with Crippen LogP contribution in [0.1, 0.15) is 25.0 Å². The summed E-state index contributed by atoms with van der Waals surface area (Å²) < 4.78 is 10.9. The van der Waals surface area contributed by atoms with Crippen molar-refractivity contribution in [1.29, 1.82) is 0 Å². The van der Waals surface area contributed by atoms with Crippen LogP contribution in [0.5, 0.6) is 11.5 Å². The van der Waals surface area contributed by atoms with Crippen LogP contribution in [0, 0.1) is 0 Å². The fourth-order valence-corrected chi connectivity index (χ4v) is 3.32. The van der Waals surface area contributed by atoms with Gasteiger partial charge in [0.15, 0.2) is 23.1 Å². The predicted molar refractivity (Wildman–Crippen MR) is 138 cm³/mol. The fraction of sp³-hybridized carbons (Fsp3) is 0.120. The van der Waals surface area contributed by atoms with Crippen LogP contribution in [0.15, 0.2) is 83.5 Å². The van der Waals surface area contributed by atoms with E-state index in [1.165, 1.54) is 0 Å². The molecule has 4 aromatic rings. The summed E-state index contributed by atoms with van der Waals surface area (Å²) in [7, 11) is 0. The maximum Gasteiger partial charge on any atom is 0.231 e. The molecule has 4 heterocycles. The summed E-state index contributed by atoms with van der Waals surface area (Å²) >= 11 is 0. The molecule has 0 amide bonds. The Bertz CT molecular complexity index is 1330. The molecule has 0 bridgehead atoms. The van der Waals surface area contributed by atoms with Crippen LogP contribution in [0.4, 0.5) is 23.3 Å². The molecule has 11 nitrogen and oxygen atoms in total. The van der Waals surface area contributed by atoms with Crippen LogP contribution >= 0.6 is 0 Å². The van der Waals surface area contributed by atoms with Crippen LogP contribution in [0.2, 0.25) is 0 Å². The third kappa shape index (κ3) is 5.53. The minimum Gasteiger partial charge on any atom is -0.454 e. The lowest BCUT2D eigenvalue weighted by Gasteiger charge is -2.11. The zero-order chi connectivity index (χ0) is 24.7. The first-order valence-electron chi connectivity index (χ1n) is 11.1. The van der Waals surface area contributed by atoms with E-state index in [2.05, 4.69) is 46.3 Å². The Labute approximate surface area is 207 Å². The molecular formula is C25H23N9O2. The van der Waals surface area contributed by atoms with Gasteiger partial charge < -0.3 is 14.8 Å². The van der Waals surface area contributed by atoms with Crippen molar-refractivity contribution in [2.24, 2.45) is 10.2 Å². The summed E-state index contributed by atoms with van der Waals surface area (Å²) in [6.07, 6.45) is 6.88. The molecule has 11 heteroatoms. The molecular weight excluding hydrogens is 458 g/mol. The topological polar surface area (TPSA) is 131 Å². The summed E-state index contributed by atoms with van der Waals surface area (Å²) in [5.41, 5.74) is 10.2. The van der Waals surface area contributed by atoms with Crippen LogP contribution in [-0.2, 0) is 0 Å². The second kappa shape index (κ2) is 10.5. The Morgan fingerprint density at radius 2 is 1.28 bits per heavy atom. The molecule has 1 aromatic carbocycles. The number of fused-ring (bicyclic) bond motifs is 1. The highest BCUT2D eigenvalue weighted by molar-refractivity contribution is 5.99. The van der Waals surface area contributed by atoms with Crippen molar-refractivity contribution in [2.75, 3.05) is 23.0 Å². The van der Waals surface area contributed by atoms with Crippen molar-refractivity contribution in [3.05, 3.63) is 84.4 Å². The first kappa shape index (κ1) is 22.7. The SMILES string of the molecule is C/C(=N/Nc1cc(N/N=C(/C)c2ccncc2)nc(Nc2ccc3c(c2)OCO3)n1)c1ccncc1. The maximum atomic E-state index is 5.47. The van der Waals surface area contributed by atoms with Gasteiger partial charge in [-0.15, -0.1) is 0 Å². The van der Waals surface area contributed by atoms with Crippen LogP contribution in [0.3, 0.4) is 0 Å². The first-order chi connectivity index (χ1) is 17.6. The molecule has 1 aliphatic heterocycles. The molecule has 36 heavy (non-hydrogen) atoms. The molecule has 5 rings (SSSR count). The lowest BCUT2D eigenvalue weighted by Crippen LogP contribution is -2.06. The molecule has 0 saturated carbocycles. The van der Waals surface area contributed by atoms with E-state index in [4.69, 9.17) is 9.47 Å². The molecule has 0 aliphatic carbocycles. The first-order valence-corrected chi connectivity index (χ1v) is 11.1. The largest absolute Gasteiger partial charge is 0.454 e. The van der Waals surface area contributed by atoms with Crippen LogP contribution in [0.25, 0.3) is 0 Å². The number of hydrogen-bond donors (Lipinski definition) is 3. The average molecular weight is 482 g/mol. The van der Waals surface area contributed by atoms with E-state index in [-0.39, 0.29) is 6.79 Å². The van der Waals surface area contributed by atoms with Gasteiger partial charge >= 0.3 is 0 Å². The van der Waals surface area contributed by atoms with E-state index >= 15 is 0 Å². The number of aromatic nitrogens is 4. The van der Waals surface area contributed by atoms with Crippen molar-refractivity contribution < 1.29 is 9.47 Å². The molecule has 0 unspecified atom stereocenters. The lowest BCUT2D eigenvalue weighted by atomic mass is 10.2. The van der Waals surface area contributed by atoms with Crippen LogP contribution < -0.4 is 25.6 Å². The van der Waals surface area contributed by atoms with Crippen molar-refractivity contribution in [2.45, 2.75) is 13.8 Å². The number of pyridine rings is 2. The van der Waals surface area contributed by atoms with Crippen LogP contribution in [-0.4, -0.2) is 38.2 Å². The summed E-state index contributed by atoms with van der Waals surface area (Å²) in [5.74, 6) is 2.64. The minimum absolute atomic E-state index is 0.201. The molecule has 0 spiro atoms. The van der Waals surface area contributed by atoms with Gasteiger partial charge in [-0.2, -0.15) is 20.2 Å². The second-order valence-electron chi connectivity index (χ2n) is 7.74. The highest BCUT2D eigenvalue weighted by Crippen LogP contribution is 2.35. The van der Waals surface area contributed by atoms with Crippen molar-refractivity contribution in [3.63, 3.8) is 0 Å². The third-order valence-electron chi connectivity index (χ3n) is 5.23. The monoisotopic (exact) mass is 481 g/mol. The molecule has 0 radical (unpaired) electrons. The molecule has 0 fully saturated rings. The van der Waals surface area contributed by atoms with Gasteiger partial charge in [-0.3, -0.25) is 20.8 Å². The highest BCUT2D eigenvalue weighted by atomic mass is 16.7.